The van der Waals surface area contributed by atoms with Gasteiger partial charge in [-0.1, -0.05) is 5.23 Å². The first-order valence-corrected chi connectivity index (χ1v) is 8.82. The predicted octanol–water partition coefficient (Wildman–Crippen LogP) is 2.99. The van der Waals surface area contributed by atoms with Crippen LogP contribution in [0.4, 0.5) is 16.0 Å². The summed E-state index contributed by atoms with van der Waals surface area (Å²) >= 11 is 3.07. The minimum Gasteiger partial charge on any atom is -0.403 e. The molecule has 1 fully saturated rings. The Hall–Kier alpha value is -3.16. The van der Waals surface area contributed by atoms with Crippen molar-refractivity contribution in [3.8, 4) is 0 Å². The lowest BCUT2D eigenvalue weighted by molar-refractivity contribution is -0.404. The number of hydrogen-bond acceptors (Lipinski definition) is 9. The molecule has 5 N–H and O–H groups in total. The van der Waals surface area contributed by atoms with Crippen molar-refractivity contribution in [2.75, 3.05) is 5.06 Å². The minimum atomic E-state index is -1.27. The summed E-state index contributed by atoms with van der Waals surface area (Å²) in [6.45, 7) is 3.11. The van der Waals surface area contributed by atoms with Crippen molar-refractivity contribution in [3.63, 3.8) is 0 Å². The van der Waals surface area contributed by atoms with E-state index in [0.717, 1.165) is 10.3 Å². The summed E-state index contributed by atoms with van der Waals surface area (Å²) in [5.74, 6) is -1.43. The van der Waals surface area contributed by atoms with Crippen molar-refractivity contribution in [3.05, 3.63) is 68.0 Å². The van der Waals surface area contributed by atoms with E-state index < -0.39 is 22.2 Å². The molecule has 1 aromatic heterocycles. The average Bonchev–Trinajstić information content (AvgIpc) is 3.24. The van der Waals surface area contributed by atoms with Crippen LogP contribution in [-0.4, -0.2) is 16.0 Å². The molecule has 0 spiro atoms. The number of hydrogen-bond donors (Lipinski definition) is 3. The normalized spacial score (nSPS) is 14.6. The van der Waals surface area contributed by atoms with Crippen LogP contribution < -0.4 is 16.5 Å². The fraction of sp³-hybridized carbons (Fsp3) is 0.188. The van der Waals surface area contributed by atoms with E-state index in [-0.39, 0.29) is 27.6 Å². The highest BCUT2D eigenvalue weighted by molar-refractivity contribution is 9.10. The van der Waals surface area contributed by atoms with Gasteiger partial charge in [0.2, 0.25) is 5.84 Å². The Morgan fingerprint density at radius 2 is 2.03 bits per heavy atom. The number of anilines is 1. The monoisotopic (exact) mass is 470 g/mol. The highest BCUT2D eigenvalue weighted by Gasteiger charge is 2.41. The third kappa shape index (κ3) is 3.87. The molecule has 0 aliphatic carbocycles. The quantitative estimate of drug-likeness (QED) is 0.440. The van der Waals surface area contributed by atoms with Gasteiger partial charge < -0.3 is 15.9 Å². The lowest BCUT2D eigenvalue weighted by Crippen LogP contribution is -2.35. The van der Waals surface area contributed by atoms with Gasteiger partial charge in [0.05, 0.1) is 16.2 Å². The fourth-order valence-electron chi connectivity index (χ4n) is 2.44. The van der Waals surface area contributed by atoms with E-state index in [2.05, 4.69) is 15.9 Å². The molecule has 1 aliphatic heterocycles. The molecule has 0 saturated carbocycles. The lowest BCUT2D eigenvalue weighted by atomic mass is 10.1. The lowest BCUT2D eigenvalue weighted by Gasteiger charge is -2.26. The van der Waals surface area contributed by atoms with Crippen molar-refractivity contribution in [2.24, 2.45) is 11.5 Å². The third-order valence-corrected chi connectivity index (χ3v) is 4.46. The van der Waals surface area contributed by atoms with Gasteiger partial charge in [0.15, 0.2) is 11.3 Å². The second kappa shape index (κ2) is 7.35. The highest BCUT2D eigenvalue weighted by atomic mass is 79.9. The molecular weight excluding hydrogens is 455 g/mol. The number of nitrogens with two attached hydrogens (primary N) is 2. The van der Waals surface area contributed by atoms with Crippen molar-refractivity contribution < 1.29 is 23.5 Å². The molecule has 0 bridgehead atoms. The third-order valence-electron chi connectivity index (χ3n) is 3.85. The van der Waals surface area contributed by atoms with Gasteiger partial charge in [0.1, 0.15) is 22.3 Å². The second-order valence-electron chi connectivity index (χ2n) is 6.38. The number of nitro groups is 1. The molecule has 0 atom stereocenters. The van der Waals surface area contributed by atoms with Gasteiger partial charge in [-0.3, -0.25) is 15.5 Å². The van der Waals surface area contributed by atoms with Gasteiger partial charge in [-0.2, -0.15) is 5.06 Å². The zero-order chi connectivity index (χ0) is 21.5. The largest absolute Gasteiger partial charge is 0.433 e. The van der Waals surface area contributed by atoms with E-state index in [0.29, 0.717) is 5.69 Å². The summed E-state index contributed by atoms with van der Waals surface area (Å²) in [4.78, 5) is 21.4. The number of amidine groups is 1. The highest BCUT2D eigenvalue weighted by Crippen LogP contribution is 2.36. The van der Waals surface area contributed by atoms with Crippen molar-refractivity contribution >= 4 is 33.3 Å². The molecule has 13 heteroatoms. The number of hydroxylamine groups is 3. The Morgan fingerprint density at radius 3 is 2.59 bits per heavy atom. The summed E-state index contributed by atoms with van der Waals surface area (Å²) in [5.41, 5.74) is 10.4. The van der Waals surface area contributed by atoms with E-state index in [9.17, 15) is 14.5 Å². The molecule has 0 radical (unpaired) electrons. The van der Waals surface area contributed by atoms with Crippen LogP contribution in [0.3, 0.4) is 0 Å². The van der Waals surface area contributed by atoms with Gasteiger partial charge in [-0.15, -0.1) is 4.94 Å². The Balaban J connectivity index is 1.90. The maximum atomic E-state index is 13.6. The fourth-order valence-corrected chi connectivity index (χ4v) is 2.81. The van der Waals surface area contributed by atoms with Crippen LogP contribution in [0.15, 0.2) is 50.7 Å². The maximum Gasteiger partial charge on any atom is 0.433 e. The van der Waals surface area contributed by atoms with Crippen LogP contribution in [0.5, 0.6) is 0 Å². The number of halogens is 2. The smallest absolute Gasteiger partial charge is 0.403 e. The molecule has 11 nitrogen and oxygen atoms in total. The molecule has 0 unspecified atom stereocenters. The Kier molecular flexibility index (Phi) is 5.21. The summed E-state index contributed by atoms with van der Waals surface area (Å²) in [5, 5.41) is 20.9. The number of nitrogens with one attached hydrogen (secondary N) is 1. The first kappa shape index (κ1) is 20.6. The van der Waals surface area contributed by atoms with Gasteiger partial charge >= 0.3 is 5.88 Å². The zero-order valence-electron chi connectivity index (χ0n) is 15.2. The van der Waals surface area contributed by atoms with Gasteiger partial charge in [0.25, 0.3) is 0 Å². The van der Waals surface area contributed by atoms with Crippen LogP contribution in [0.25, 0.3) is 0 Å². The Morgan fingerprint density at radius 1 is 1.34 bits per heavy atom. The molecular formula is C16H16BrFN6O5. The zero-order valence-corrected chi connectivity index (χ0v) is 16.8. The van der Waals surface area contributed by atoms with E-state index >= 15 is 0 Å². The van der Waals surface area contributed by atoms with Gasteiger partial charge in [-0.25, -0.2) is 9.23 Å². The second-order valence-corrected chi connectivity index (χ2v) is 7.24. The van der Waals surface area contributed by atoms with Crippen molar-refractivity contribution in [1.82, 2.24) is 5.23 Å². The molecule has 29 heavy (non-hydrogen) atoms. The average molecular weight is 471 g/mol. The molecule has 1 aliphatic rings. The first-order valence-electron chi connectivity index (χ1n) is 8.02. The van der Waals surface area contributed by atoms with Crippen molar-refractivity contribution in [2.45, 2.75) is 19.4 Å². The molecule has 2 aromatic rings. The molecule has 154 valence electrons. The molecule has 1 saturated heterocycles. The van der Waals surface area contributed by atoms with Gasteiger partial charge in [-0.05, 0) is 54.0 Å². The standard InChI is InChI=1S/C16H16BrFN6O5/c1-16(2,11-5-6-12(27-11)23(25)26)28-24-15(21)13(14(19)20)22(29-24)8-3-4-10(18)9(17)7-8/h3-7,21H,19-20H2,1-2H3. The number of rotatable bonds is 5. The summed E-state index contributed by atoms with van der Waals surface area (Å²) < 4.78 is 18.9. The SMILES string of the molecule is CC(C)(ON1ON(c2ccc(F)c(Br)c2)C(=C(N)N)C1=N)c1ccc([N+](=O)[O-])o1. The predicted molar refractivity (Wildman–Crippen MR) is 102 cm³/mol. The molecule has 0 amide bonds. The Bertz CT molecular complexity index is 1020. The number of benzene rings is 1. The summed E-state index contributed by atoms with van der Waals surface area (Å²) in [6.07, 6.45) is 0. The first-order chi connectivity index (χ1) is 13.5. The van der Waals surface area contributed by atoms with E-state index in [1.54, 1.807) is 13.8 Å². The Labute approximate surface area is 171 Å². The van der Waals surface area contributed by atoms with E-state index in [1.165, 1.54) is 30.3 Å². The summed E-state index contributed by atoms with van der Waals surface area (Å²) in [6, 6.07) is 6.53. The van der Waals surface area contributed by atoms with Crippen LogP contribution in [0.2, 0.25) is 0 Å². The number of furan rings is 1. The number of nitrogens with zero attached hydrogens (tertiary/aromatic N) is 3. The summed E-state index contributed by atoms with van der Waals surface area (Å²) in [7, 11) is 0. The van der Waals surface area contributed by atoms with Crippen LogP contribution in [-0.2, 0) is 15.4 Å². The van der Waals surface area contributed by atoms with Gasteiger partial charge in [0, 0.05) is 0 Å². The minimum absolute atomic E-state index is 0.0373. The molecule has 1 aromatic carbocycles. The molecule has 3 rings (SSSR count). The van der Waals surface area contributed by atoms with Crippen LogP contribution in [0.1, 0.15) is 19.6 Å². The topological polar surface area (TPSA) is 157 Å². The molecule has 2 heterocycles. The van der Waals surface area contributed by atoms with Crippen LogP contribution >= 0.6 is 15.9 Å². The van der Waals surface area contributed by atoms with E-state index in [1.807, 2.05) is 0 Å². The van der Waals surface area contributed by atoms with Crippen molar-refractivity contribution in [1.29, 1.82) is 5.41 Å². The maximum absolute atomic E-state index is 13.6. The van der Waals surface area contributed by atoms with E-state index in [4.69, 9.17) is 31.1 Å². The van der Waals surface area contributed by atoms with Crippen LogP contribution in [0, 0.1) is 21.3 Å².